The van der Waals surface area contributed by atoms with Crippen LogP contribution in [0.3, 0.4) is 0 Å². The second-order valence-electron chi connectivity index (χ2n) is 3.85. The SMILES string of the molecule is N#CC(C#N)=C1CCN(c2cccc(Cl)c2)C1. The van der Waals surface area contributed by atoms with Crippen molar-refractivity contribution in [3.63, 3.8) is 0 Å². The first-order chi connectivity index (χ1) is 8.24. The predicted octanol–water partition coefficient (Wildman–Crippen LogP) is 2.89. The van der Waals surface area contributed by atoms with Gasteiger partial charge in [-0.15, -0.1) is 0 Å². The molecule has 84 valence electrons. The zero-order valence-electron chi connectivity index (χ0n) is 9.15. The number of halogens is 1. The molecule has 0 N–H and O–H groups in total. The fraction of sp³-hybridized carbons (Fsp3) is 0.231. The number of hydrogen-bond donors (Lipinski definition) is 0. The third-order valence-corrected chi connectivity index (χ3v) is 3.05. The molecule has 0 bridgehead atoms. The van der Waals surface area contributed by atoms with Crippen LogP contribution in [0.1, 0.15) is 6.42 Å². The van der Waals surface area contributed by atoms with E-state index in [1.807, 2.05) is 36.4 Å². The summed E-state index contributed by atoms with van der Waals surface area (Å²) in [7, 11) is 0. The smallest absolute Gasteiger partial charge is 0.130 e. The Balaban J connectivity index is 2.23. The van der Waals surface area contributed by atoms with Crippen LogP contribution in [0.2, 0.25) is 5.02 Å². The number of benzene rings is 1. The van der Waals surface area contributed by atoms with Crippen LogP contribution in [0.5, 0.6) is 0 Å². The molecule has 0 unspecified atom stereocenters. The van der Waals surface area contributed by atoms with Gasteiger partial charge in [0.25, 0.3) is 0 Å². The highest BCUT2D eigenvalue weighted by Gasteiger charge is 2.20. The molecule has 17 heavy (non-hydrogen) atoms. The van der Waals surface area contributed by atoms with E-state index in [0.29, 0.717) is 11.6 Å². The topological polar surface area (TPSA) is 50.8 Å². The van der Waals surface area contributed by atoms with Crippen LogP contribution in [0.15, 0.2) is 35.4 Å². The standard InChI is InChI=1S/C13H10ClN3/c14-12-2-1-3-13(6-12)17-5-4-10(9-17)11(7-15)8-16/h1-3,6H,4-5,9H2. The van der Waals surface area contributed by atoms with Gasteiger partial charge in [0.1, 0.15) is 17.7 Å². The molecule has 0 aromatic heterocycles. The van der Waals surface area contributed by atoms with E-state index >= 15 is 0 Å². The fourth-order valence-corrected chi connectivity index (χ4v) is 2.12. The molecule has 1 heterocycles. The monoisotopic (exact) mass is 243 g/mol. The minimum Gasteiger partial charge on any atom is -0.367 e. The van der Waals surface area contributed by atoms with Gasteiger partial charge in [0.2, 0.25) is 0 Å². The maximum atomic E-state index is 8.82. The zero-order valence-corrected chi connectivity index (χ0v) is 9.91. The first kappa shape index (κ1) is 11.5. The normalized spacial score (nSPS) is 14.3. The summed E-state index contributed by atoms with van der Waals surface area (Å²) in [5.74, 6) is 0. The van der Waals surface area contributed by atoms with Gasteiger partial charge in [-0.25, -0.2) is 0 Å². The highest BCUT2D eigenvalue weighted by atomic mass is 35.5. The number of anilines is 1. The summed E-state index contributed by atoms with van der Waals surface area (Å²) >= 11 is 5.93. The lowest BCUT2D eigenvalue weighted by molar-refractivity contribution is 0.968. The Labute approximate surface area is 105 Å². The molecule has 1 aromatic rings. The van der Waals surface area contributed by atoms with Crippen molar-refractivity contribution in [2.45, 2.75) is 6.42 Å². The van der Waals surface area contributed by atoms with E-state index in [-0.39, 0.29) is 5.57 Å². The Morgan fingerprint density at radius 2 is 2.06 bits per heavy atom. The predicted molar refractivity (Wildman–Crippen MR) is 66.5 cm³/mol. The number of allylic oxidation sites excluding steroid dienone is 1. The Bertz CT molecular complexity index is 533. The number of nitrogens with zero attached hydrogens (tertiary/aromatic N) is 3. The maximum absolute atomic E-state index is 8.82. The van der Waals surface area contributed by atoms with E-state index in [1.54, 1.807) is 0 Å². The van der Waals surface area contributed by atoms with Crippen molar-refractivity contribution in [2.24, 2.45) is 0 Å². The summed E-state index contributed by atoms with van der Waals surface area (Å²) in [5, 5.41) is 18.3. The maximum Gasteiger partial charge on any atom is 0.130 e. The van der Waals surface area contributed by atoms with E-state index < -0.39 is 0 Å². The average Bonchev–Trinajstić information content (AvgIpc) is 2.80. The van der Waals surface area contributed by atoms with Gasteiger partial charge in [-0.05, 0) is 30.2 Å². The summed E-state index contributed by atoms with van der Waals surface area (Å²) in [6.45, 7) is 1.46. The molecule has 2 rings (SSSR count). The average molecular weight is 244 g/mol. The molecule has 4 heteroatoms. The van der Waals surface area contributed by atoms with Crippen LogP contribution in [-0.4, -0.2) is 13.1 Å². The molecule has 1 aliphatic rings. The fourth-order valence-electron chi connectivity index (χ4n) is 1.94. The van der Waals surface area contributed by atoms with Crippen LogP contribution in [-0.2, 0) is 0 Å². The molecule has 0 saturated carbocycles. The van der Waals surface area contributed by atoms with Crippen molar-refractivity contribution >= 4 is 17.3 Å². The van der Waals surface area contributed by atoms with Crippen molar-refractivity contribution in [1.82, 2.24) is 0 Å². The lowest BCUT2D eigenvalue weighted by atomic mass is 10.1. The number of hydrogen-bond acceptors (Lipinski definition) is 3. The van der Waals surface area contributed by atoms with Gasteiger partial charge in [-0.1, -0.05) is 17.7 Å². The van der Waals surface area contributed by atoms with E-state index in [0.717, 1.165) is 24.2 Å². The Morgan fingerprint density at radius 3 is 2.71 bits per heavy atom. The molecular weight excluding hydrogens is 234 g/mol. The van der Waals surface area contributed by atoms with Gasteiger partial charge < -0.3 is 4.90 Å². The molecule has 3 nitrogen and oxygen atoms in total. The van der Waals surface area contributed by atoms with Gasteiger partial charge in [0.05, 0.1) is 0 Å². The van der Waals surface area contributed by atoms with Gasteiger partial charge in [-0.2, -0.15) is 10.5 Å². The van der Waals surface area contributed by atoms with E-state index in [4.69, 9.17) is 22.1 Å². The summed E-state index contributed by atoms with van der Waals surface area (Å²) < 4.78 is 0. The molecule has 0 aliphatic carbocycles. The Hall–Kier alpha value is -1.97. The lowest BCUT2D eigenvalue weighted by Crippen LogP contribution is -2.17. The summed E-state index contributed by atoms with van der Waals surface area (Å²) in [6.07, 6.45) is 0.767. The van der Waals surface area contributed by atoms with Crippen LogP contribution < -0.4 is 4.90 Å². The van der Waals surface area contributed by atoms with Crippen molar-refractivity contribution in [3.05, 3.63) is 40.4 Å². The van der Waals surface area contributed by atoms with E-state index in [9.17, 15) is 0 Å². The van der Waals surface area contributed by atoms with Gasteiger partial charge in [-0.3, -0.25) is 0 Å². The largest absolute Gasteiger partial charge is 0.367 e. The first-order valence-corrected chi connectivity index (χ1v) is 5.65. The van der Waals surface area contributed by atoms with E-state index in [2.05, 4.69) is 4.90 Å². The minimum atomic E-state index is 0.245. The number of nitriles is 2. The molecule has 0 amide bonds. The van der Waals surface area contributed by atoms with Crippen LogP contribution in [0.4, 0.5) is 5.69 Å². The molecule has 1 fully saturated rings. The minimum absolute atomic E-state index is 0.245. The van der Waals surface area contributed by atoms with Crippen LogP contribution in [0, 0.1) is 22.7 Å². The van der Waals surface area contributed by atoms with Crippen molar-refractivity contribution < 1.29 is 0 Å². The highest BCUT2D eigenvalue weighted by molar-refractivity contribution is 6.30. The molecule has 0 atom stereocenters. The summed E-state index contributed by atoms with van der Waals surface area (Å²) in [5.41, 5.74) is 2.19. The number of rotatable bonds is 1. The second-order valence-corrected chi connectivity index (χ2v) is 4.29. The van der Waals surface area contributed by atoms with Gasteiger partial charge in [0.15, 0.2) is 0 Å². The molecule has 1 aliphatic heterocycles. The molecule has 1 aromatic carbocycles. The van der Waals surface area contributed by atoms with Crippen molar-refractivity contribution in [3.8, 4) is 12.1 Å². The first-order valence-electron chi connectivity index (χ1n) is 5.27. The highest BCUT2D eigenvalue weighted by Crippen LogP contribution is 2.26. The Morgan fingerprint density at radius 1 is 1.29 bits per heavy atom. The third kappa shape index (κ3) is 2.41. The van der Waals surface area contributed by atoms with Crippen LogP contribution >= 0.6 is 11.6 Å². The van der Waals surface area contributed by atoms with Crippen molar-refractivity contribution in [1.29, 1.82) is 10.5 Å². The molecular formula is C13H10ClN3. The zero-order chi connectivity index (χ0) is 12.3. The lowest BCUT2D eigenvalue weighted by Gasteiger charge is -2.17. The summed E-state index contributed by atoms with van der Waals surface area (Å²) in [4.78, 5) is 2.12. The van der Waals surface area contributed by atoms with Crippen molar-refractivity contribution in [2.75, 3.05) is 18.0 Å². The molecule has 0 spiro atoms. The quantitative estimate of drug-likeness (QED) is 0.713. The van der Waals surface area contributed by atoms with Gasteiger partial charge >= 0.3 is 0 Å². The molecule has 0 radical (unpaired) electrons. The van der Waals surface area contributed by atoms with Gasteiger partial charge in [0, 0.05) is 23.8 Å². The van der Waals surface area contributed by atoms with Crippen LogP contribution in [0.25, 0.3) is 0 Å². The molecule has 1 saturated heterocycles. The Kier molecular flexibility index (Phi) is 3.32. The van der Waals surface area contributed by atoms with E-state index in [1.165, 1.54) is 0 Å². The third-order valence-electron chi connectivity index (χ3n) is 2.82. The second kappa shape index (κ2) is 4.91. The summed E-state index contributed by atoms with van der Waals surface area (Å²) in [6, 6.07) is 11.5.